The summed E-state index contributed by atoms with van der Waals surface area (Å²) in [6, 6.07) is 9.73. The summed E-state index contributed by atoms with van der Waals surface area (Å²) in [6.07, 6.45) is 0.255. The summed E-state index contributed by atoms with van der Waals surface area (Å²) in [6.45, 7) is 6.52. The Morgan fingerprint density at radius 2 is 2.00 bits per heavy atom. The van der Waals surface area contributed by atoms with E-state index in [9.17, 15) is 4.79 Å². The molecular formula is C17H24N2O3. The van der Waals surface area contributed by atoms with Gasteiger partial charge >= 0.3 is 5.97 Å². The van der Waals surface area contributed by atoms with Crippen molar-refractivity contribution >= 4 is 11.9 Å². The van der Waals surface area contributed by atoms with E-state index >= 15 is 0 Å². The fourth-order valence-electron chi connectivity index (χ4n) is 2.20. The van der Waals surface area contributed by atoms with Gasteiger partial charge in [0.1, 0.15) is 6.61 Å². The van der Waals surface area contributed by atoms with Crippen molar-refractivity contribution in [3.8, 4) is 0 Å². The second kappa shape index (κ2) is 6.92. The van der Waals surface area contributed by atoms with Gasteiger partial charge in [-0.25, -0.2) is 0 Å². The van der Waals surface area contributed by atoms with Crippen molar-refractivity contribution in [3.63, 3.8) is 0 Å². The topological polar surface area (TPSA) is 71.4 Å². The van der Waals surface area contributed by atoms with Gasteiger partial charge in [-0.2, -0.15) is 0 Å². The summed E-state index contributed by atoms with van der Waals surface area (Å²) >= 11 is 0. The van der Waals surface area contributed by atoms with Crippen molar-refractivity contribution < 1.29 is 14.3 Å². The Hall–Kier alpha value is -1.88. The maximum atomic E-state index is 12.0. The van der Waals surface area contributed by atoms with Crippen molar-refractivity contribution in [2.45, 2.75) is 40.0 Å². The minimum absolute atomic E-state index is 0.167. The first-order valence-corrected chi connectivity index (χ1v) is 7.57. The summed E-state index contributed by atoms with van der Waals surface area (Å²) in [5.74, 6) is -0.330. The third kappa shape index (κ3) is 4.31. The second-order valence-electron chi connectivity index (χ2n) is 6.56. The van der Waals surface area contributed by atoms with Gasteiger partial charge in [0.05, 0.1) is 11.3 Å². The first kappa shape index (κ1) is 16.5. The number of hydrogen-bond acceptors (Lipinski definition) is 5. The standard InChI is InChI=1S/C17H24N2O3/c1-17(2,3)16(20)22-15-13(9-10-19-15)14(18)21-11-12-7-5-4-6-8-12/h4-8,13,15,18-19H,9-11H2,1-3H3. The molecule has 0 aromatic heterocycles. The molecule has 1 aromatic carbocycles. The molecule has 0 amide bonds. The SMILES string of the molecule is CC(C)(C)C(=O)OC1NCCC1C(=N)OCc1ccccc1. The predicted octanol–water partition coefficient (Wildman–Crippen LogP) is 2.71. The normalized spacial score (nSPS) is 21.4. The lowest BCUT2D eigenvalue weighted by atomic mass is 9.97. The fourth-order valence-corrected chi connectivity index (χ4v) is 2.20. The van der Waals surface area contributed by atoms with Crippen LogP contribution in [0, 0.1) is 16.7 Å². The van der Waals surface area contributed by atoms with Crippen molar-refractivity contribution in [1.82, 2.24) is 5.32 Å². The number of rotatable bonds is 4. The first-order chi connectivity index (χ1) is 10.4. The number of ether oxygens (including phenoxy) is 2. The molecule has 1 aromatic rings. The maximum Gasteiger partial charge on any atom is 0.312 e. The van der Waals surface area contributed by atoms with Crippen LogP contribution >= 0.6 is 0 Å². The van der Waals surface area contributed by atoms with E-state index in [1.54, 1.807) is 0 Å². The average Bonchev–Trinajstić information content (AvgIpc) is 2.93. The Balaban J connectivity index is 1.89. The van der Waals surface area contributed by atoms with E-state index in [0.717, 1.165) is 12.0 Å². The Morgan fingerprint density at radius 3 is 2.64 bits per heavy atom. The van der Waals surface area contributed by atoms with Crippen molar-refractivity contribution in [1.29, 1.82) is 5.41 Å². The molecule has 1 aliphatic rings. The highest BCUT2D eigenvalue weighted by Crippen LogP contribution is 2.23. The van der Waals surface area contributed by atoms with Crippen LogP contribution in [0.15, 0.2) is 30.3 Å². The van der Waals surface area contributed by atoms with E-state index in [1.165, 1.54) is 0 Å². The lowest BCUT2D eigenvalue weighted by Crippen LogP contribution is -2.39. The van der Waals surface area contributed by atoms with E-state index in [-0.39, 0.29) is 17.8 Å². The molecule has 2 rings (SSSR count). The number of hydrogen-bond donors (Lipinski definition) is 2. The molecule has 22 heavy (non-hydrogen) atoms. The van der Waals surface area contributed by atoms with Crippen molar-refractivity contribution in [2.24, 2.45) is 11.3 Å². The maximum absolute atomic E-state index is 12.0. The molecule has 2 atom stereocenters. The first-order valence-electron chi connectivity index (χ1n) is 7.57. The lowest BCUT2D eigenvalue weighted by Gasteiger charge is -2.24. The summed E-state index contributed by atoms with van der Waals surface area (Å²) in [5.41, 5.74) is 0.462. The minimum Gasteiger partial charge on any atom is -0.476 e. The molecule has 0 aliphatic carbocycles. The minimum atomic E-state index is -0.554. The third-order valence-corrected chi connectivity index (χ3v) is 3.59. The molecule has 1 fully saturated rings. The molecule has 2 N–H and O–H groups in total. The van der Waals surface area contributed by atoms with Crippen LogP contribution in [0.4, 0.5) is 0 Å². The number of benzene rings is 1. The van der Waals surface area contributed by atoms with E-state index in [4.69, 9.17) is 14.9 Å². The quantitative estimate of drug-likeness (QED) is 0.510. The van der Waals surface area contributed by atoms with E-state index in [2.05, 4.69) is 5.32 Å². The Kier molecular flexibility index (Phi) is 5.19. The zero-order chi connectivity index (χ0) is 16.2. The lowest BCUT2D eigenvalue weighted by molar-refractivity contribution is -0.160. The molecular weight excluding hydrogens is 280 g/mol. The fraction of sp³-hybridized carbons (Fsp3) is 0.529. The molecule has 0 bridgehead atoms. The van der Waals surface area contributed by atoms with Crippen LogP contribution in [0.25, 0.3) is 0 Å². The molecule has 120 valence electrons. The van der Waals surface area contributed by atoms with Crippen molar-refractivity contribution in [2.75, 3.05) is 6.54 Å². The molecule has 0 spiro atoms. The van der Waals surface area contributed by atoms with Crippen molar-refractivity contribution in [3.05, 3.63) is 35.9 Å². The van der Waals surface area contributed by atoms with Crippen LogP contribution in [-0.2, 0) is 20.9 Å². The van der Waals surface area contributed by atoms with Gasteiger partial charge in [0.25, 0.3) is 0 Å². The summed E-state index contributed by atoms with van der Waals surface area (Å²) < 4.78 is 11.1. The number of nitrogens with one attached hydrogen (secondary N) is 2. The smallest absolute Gasteiger partial charge is 0.312 e. The van der Waals surface area contributed by atoms with Gasteiger partial charge in [-0.15, -0.1) is 0 Å². The van der Waals surface area contributed by atoms with E-state index in [1.807, 2.05) is 51.1 Å². The summed E-state index contributed by atoms with van der Waals surface area (Å²) in [4.78, 5) is 12.0. The van der Waals surface area contributed by atoms with Crippen LogP contribution < -0.4 is 5.32 Å². The zero-order valence-electron chi connectivity index (χ0n) is 13.4. The number of esters is 1. The third-order valence-electron chi connectivity index (χ3n) is 3.59. The molecule has 2 unspecified atom stereocenters. The summed E-state index contributed by atoms with van der Waals surface area (Å²) in [5, 5.41) is 11.2. The molecule has 5 nitrogen and oxygen atoms in total. The van der Waals surface area contributed by atoms with Gasteiger partial charge < -0.3 is 9.47 Å². The zero-order valence-corrected chi connectivity index (χ0v) is 13.4. The molecule has 0 radical (unpaired) electrons. The van der Waals surface area contributed by atoms with Gasteiger partial charge in [0.15, 0.2) is 12.1 Å². The van der Waals surface area contributed by atoms with Gasteiger partial charge in [-0.05, 0) is 39.3 Å². The highest BCUT2D eigenvalue weighted by Gasteiger charge is 2.37. The molecule has 1 aliphatic heterocycles. The van der Waals surface area contributed by atoms with Gasteiger partial charge in [0.2, 0.25) is 0 Å². The van der Waals surface area contributed by atoms with E-state index in [0.29, 0.717) is 13.2 Å². The number of carbonyl (C=O) groups excluding carboxylic acids is 1. The second-order valence-corrected chi connectivity index (χ2v) is 6.56. The van der Waals surface area contributed by atoms with Crippen LogP contribution in [0.3, 0.4) is 0 Å². The van der Waals surface area contributed by atoms with Gasteiger partial charge in [-0.3, -0.25) is 15.5 Å². The Bertz CT molecular complexity index is 522. The van der Waals surface area contributed by atoms with Gasteiger partial charge in [-0.1, -0.05) is 30.3 Å². The van der Waals surface area contributed by atoms with E-state index < -0.39 is 11.6 Å². The number of carbonyl (C=O) groups is 1. The molecule has 0 saturated carbocycles. The van der Waals surface area contributed by atoms with Crippen LogP contribution in [0.2, 0.25) is 0 Å². The Labute approximate surface area is 131 Å². The monoisotopic (exact) mass is 304 g/mol. The summed E-state index contributed by atoms with van der Waals surface area (Å²) in [7, 11) is 0. The van der Waals surface area contributed by atoms with Crippen LogP contribution in [-0.4, -0.2) is 24.6 Å². The highest BCUT2D eigenvalue weighted by molar-refractivity contribution is 5.79. The molecule has 5 heteroatoms. The predicted molar refractivity (Wildman–Crippen MR) is 84.4 cm³/mol. The molecule has 1 heterocycles. The van der Waals surface area contributed by atoms with Gasteiger partial charge in [0, 0.05) is 0 Å². The Morgan fingerprint density at radius 1 is 1.32 bits per heavy atom. The van der Waals surface area contributed by atoms with Crippen LogP contribution in [0.1, 0.15) is 32.8 Å². The largest absolute Gasteiger partial charge is 0.476 e. The molecule has 1 saturated heterocycles. The average molecular weight is 304 g/mol. The van der Waals surface area contributed by atoms with Crippen LogP contribution in [0.5, 0.6) is 0 Å². The highest BCUT2D eigenvalue weighted by atomic mass is 16.6.